The fourth-order valence-electron chi connectivity index (χ4n) is 2.08. The van der Waals surface area contributed by atoms with Gasteiger partial charge in [0, 0.05) is 23.7 Å². The summed E-state index contributed by atoms with van der Waals surface area (Å²) in [5.41, 5.74) is 4.55. The average Bonchev–Trinajstić information content (AvgIpc) is 2.76. The molecule has 1 aromatic carbocycles. The molecule has 0 spiro atoms. The molecule has 0 saturated heterocycles. The molecule has 0 unspecified atom stereocenters. The number of imidazole rings is 1. The highest BCUT2D eigenvalue weighted by atomic mass is 14.9. The summed E-state index contributed by atoms with van der Waals surface area (Å²) in [6, 6.07) is 10.3. The van der Waals surface area contributed by atoms with Gasteiger partial charge in [-0.05, 0) is 24.6 Å². The van der Waals surface area contributed by atoms with Crippen LogP contribution in [0.3, 0.4) is 0 Å². The summed E-state index contributed by atoms with van der Waals surface area (Å²) < 4.78 is 0. The van der Waals surface area contributed by atoms with Gasteiger partial charge in [-0.25, -0.2) is 4.98 Å². The van der Waals surface area contributed by atoms with Gasteiger partial charge < -0.3 is 4.98 Å². The van der Waals surface area contributed by atoms with Crippen LogP contribution in [0.5, 0.6) is 0 Å². The van der Waals surface area contributed by atoms with E-state index in [1.807, 2.05) is 25.3 Å². The highest BCUT2D eigenvalue weighted by Gasteiger charge is 2.05. The number of nitrogens with one attached hydrogen (secondary N) is 1. The molecule has 0 amide bonds. The lowest BCUT2D eigenvalue weighted by Gasteiger charge is -2.05. The van der Waals surface area contributed by atoms with E-state index in [1.54, 1.807) is 6.33 Å². The van der Waals surface area contributed by atoms with Crippen molar-refractivity contribution in [1.29, 1.82) is 0 Å². The van der Waals surface area contributed by atoms with Crippen molar-refractivity contribution in [1.82, 2.24) is 15.0 Å². The van der Waals surface area contributed by atoms with Crippen molar-refractivity contribution in [3.05, 3.63) is 59.8 Å². The van der Waals surface area contributed by atoms with E-state index < -0.39 is 0 Å². The third kappa shape index (κ3) is 1.80. The molecule has 0 saturated carbocycles. The summed E-state index contributed by atoms with van der Waals surface area (Å²) in [6.07, 6.45) is 4.44. The highest BCUT2D eigenvalue weighted by molar-refractivity contribution is 5.82. The van der Waals surface area contributed by atoms with E-state index in [1.165, 1.54) is 16.6 Å². The molecular formula is C14H13N3. The molecule has 3 heteroatoms. The molecule has 3 rings (SSSR count). The fourth-order valence-corrected chi connectivity index (χ4v) is 2.08. The molecule has 0 atom stereocenters. The monoisotopic (exact) mass is 223 g/mol. The summed E-state index contributed by atoms with van der Waals surface area (Å²) in [6.45, 7) is 2.02. The van der Waals surface area contributed by atoms with Crippen LogP contribution in [0.1, 0.15) is 17.0 Å². The van der Waals surface area contributed by atoms with E-state index >= 15 is 0 Å². The Morgan fingerprint density at radius 1 is 1.12 bits per heavy atom. The fraction of sp³-hybridized carbons (Fsp3) is 0.143. The normalized spacial score (nSPS) is 10.9. The van der Waals surface area contributed by atoms with Crippen molar-refractivity contribution in [2.75, 3.05) is 0 Å². The second-order valence-electron chi connectivity index (χ2n) is 4.13. The number of hydrogen-bond acceptors (Lipinski definition) is 2. The zero-order chi connectivity index (χ0) is 11.7. The average molecular weight is 223 g/mol. The number of pyridine rings is 1. The first-order chi connectivity index (χ1) is 8.34. The third-order valence-corrected chi connectivity index (χ3v) is 3.04. The maximum atomic E-state index is 4.37. The first-order valence-electron chi connectivity index (χ1n) is 5.66. The van der Waals surface area contributed by atoms with Gasteiger partial charge in [0.2, 0.25) is 0 Å². The maximum absolute atomic E-state index is 4.37. The number of nitrogens with zero attached hydrogens (tertiary/aromatic N) is 2. The number of aromatic amines is 1. The molecule has 17 heavy (non-hydrogen) atoms. The minimum Gasteiger partial charge on any atom is -0.348 e. The molecule has 2 heterocycles. The van der Waals surface area contributed by atoms with Crippen LogP contribution in [0.2, 0.25) is 0 Å². The van der Waals surface area contributed by atoms with Crippen LogP contribution in [0, 0.1) is 6.92 Å². The molecule has 3 nitrogen and oxygen atoms in total. The number of rotatable bonds is 2. The number of hydrogen-bond donors (Lipinski definition) is 1. The topological polar surface area (TPSA) is 41.6 Å². The first kappa shape index (κ1) is 10.0. The van der Waals surface area contributed by atoms with Crippen molar-refractivity contribution in [2.45, 2.75) is 13.3 Å². The van der Waals surface area contributed by atoms with Gasteiger partial charge in [0.25, 0.3) is 0 Å². The van der Waals surface area contributed by atoms with Gasteiger partial charge in [0.05, 0.1) is 17.5 Å². The molecule has 0 aliphatic rings. The summed E-state index contributed by atoms with van der Waals surface area (Å²) in [5.74, 6) is 0. The van der Waals surface area contributed by atoms with Crippen molar-refractivity contribution in [2.24, 2.45) is 0 Å². The molecule has 84 valence electrons. The number of H-pyrrole nitrogens is 1. The predicted octanol–water partition coefficient (Wildman–Crippen LogP) is 2.86. The Bertz CT molecular complexity index is 650. The molecule has 2 aromatic heterocycles. The quantitative estimate of drug-likeness (QED) is 0.725. The lowest BCUT2D eigenvalue weighted by molar-refractivity contribution is 1.09. The van der Waals surface area contributed by atoms with Crippen LogP contribution in [-0.4, -0.2) is 15.0 Å². The lowest BCUT2D eigenvalue weighted by atomic mass is 10.0. The van der Waals surface area contributed by atoms with E-state index in [0.29, 0.717) is 0 Å². The predicted molar refractivity (Wildman–Crippen MR) is 67.9 cm³/mol. The molecular weight excluding hydrogens is 210 g/mol. The Hall–Kier alpha value is -2.16. The summed E-state index contributed by atoms with van der Waals surface area (Å²) in [5, 5.41) is 1.21. The summed E-state index contributed by atoms with van der Waals surface area (Å²) in [4.78, 5) is 11.8. The number of aryl methyl sites for hydroxylation is 1. The van der Waals surface area contributed by atoms with E-state index in [4.69, 9.17) is 0 Å². The summed E-state index contributed by atoms with van der Waals surface area (Å²) in [7, 11) is 0. The minimum atomic E-state index is 0.870. The van der Waals surface area contributed by atoms with Crippen LogP contribution in [0.15, 0.2) is 42.9 Å². The van der Waals surface area contributed by atoms with Crippen LogP contribution < -0.4 is 0 Å². The van der Waals surface area contributed by atoms with Gasteiger partial charge in [-0.15, -0.1) is 0 Å². The van der Waals surface area contributed by atoms with Gasteiger partial charge in [0.1, 0.15) is 0 Å². The van der Waals surface area contributed by atoms with Crippen molar-refractivity contribution < 1.29 is 0 Å². The Balaban J connectivity index is 2.09. The van der Waals surface area contributed by atoms with Crippen LogP contribution in [-0.2, 0) is 6.42 Å². The molecule has 0 fully saturated rings. The van der Waals surface area contributed by atoms with Crippen LogP contribution in [0.25, 0.3) is 10.9 Å². The largest absolute Gasteiger partial charge is 0.348 e. The van der Waals surface area contributed by atoms with E-state index in [0.717, 1.165) is 17.6 Å². The van der Waals surface area contributed by atoms with Gasteiger partial charge in [0.15, 0.2) is 0 Å². The van der Waals surface area contributed by atoms with E-state index in [9.17, 15) is 0 Å². The SMILES string of the molecule is Cc1nc[nH]c1Cc1cccc2ncccc12. The minimum absolute atomic E-state index is 0.870. The van der Waals surface area contributed by atoms with E-state index in [-0.39, 0.29) is 0 Å². The molecule has 0 aliphatic carbocycles. The molecule has 0 bridgehead atoms. The zero-order valence-electron chi connectivity index (χ0n) is 9.64. The van der Waals surface area contributed by atoms with Gasteiger partial charge in [-0.2, -0.15) is 0 Å². The highest BCUT2D eigenvalue weighted by Crippen LogP contribution is 2.19. The number of benzene rings is 1. The first-order valence-corrected chi connectivity index (χ1v) is 5.66. The number of aromatic nitrogens is 3. The second kappa shape index (κ2) is 4.01. The molecule has 1 N–H and O–H groups in total. The standard InChI is InChI=1S/C14H13N3/c1-10-14(17-9-16-10)8-11-4-2-6-13-12(11)5-3-7-15-13/h2-7,9H,8H2,1H3,(H,16,17). The lowest BCUT2D eigenvalue weighted by Crippen LogP contribution is -1.93. The van der Waals surface area contributed by atoms with Crippen molar-refractivity contribution >= 4 is 10.9 Å². The Labute approximate surface area is 99.5 Å². The Morgan fingerprint density at radius 2 is 2.06 bits per heavy atom. The van der Waals surface area contributed by atoms with Gasteiger partial charge in [-0.1, -0.05) is 18.2 Å². The van der Waals surface area contributed by atoms with Crippen LogP contribution >= 0.6 is 0 Å². The Morgan fingerprint density at radius 3 is 2.88 bits per heavy atom. The summed E-state index contributed by atoms with van der Waals surface area (Å²) >= 11 is 0. The maximum Gasteiger partial charge on any atom is 0.0925 e. The molecule has 3 aromatic rings. The Kier molecular flexibility index (Phi) is 2.37. The van der Waals surface area contributed by atoms with Crippen molar-refractivity contribution in [3.8, 4) is 0 Å². The zero-order valence-corrected chi connectivity index (χ0v) is 9.64. The van der Waals surface area contributed by atoms with Gasteiger partial charge >= 0.3 is 0 Å². The van der Waals surface area contributed by atoms with E-state index in [2.05, 4.69) is 33.2 Å². The number of fused-ring (bicyclic) bond motifs is 1. The van der Waals surface area contributed by atoms with Gasteiger partial charge in [-0.3, -0.25) is 4.98 Å². The smallest absolute Gasteiger partial charge is 0.0925 e. The second-order valence-corrected chi connectivity index (χ2v) is 4.13. The third-order valence-electron chi connectivity index (χ3n) is 3.04. The van der Waals surface area contributed by atoms with Crippen molar-refractivity contribution in [3.63, 3.8) is 0 Å². The van der Waals surface area contributed by atoms with Crippen LogP contribution in [0.4, 0.5) is 0 Å². The molecule has 0 aliphatic heterocycles. The molecule has 0 radical (unpaired) electrons.